The Kier molecular flexibility index (Phi) is 3.76. The number of fused-ring (bicyclic) bond motifs is 1. The molecule has 4 heteroatoms. The van der Waals surface area contributed by atoms with Crippen LogP contribution in [-0.2, 0) is 14.9 Å². The van der Waals surface area contributed by atoms with E-state index in [0.717, 1.165) is 11.3 Å². The highest BCUT2D eigenvalue weighted by molar-refractivity contribution is 6.11. The molecule has 0 unspecified atom stereocenters. The molecule has 0 aliphatic carbocycles. The number of carbonyl (C=O) groups is 1. The van der Waals surface area contributed by atoms with Crippen LogP contribution in [0.15, 0.2) is 83.1 Å². The molecule has 0 saturated carbocycles. The van der Waals surface area contributed by atoms with Crippen molar-refractivity contribution in [1.82, 2.24) is 0 Å². The molecule has 2 aliphatic rings. The zero-order chi connectivity index (χ0) is 18.3. The number of carbonyl (C=O) groups excluding carboxylic acids is 1. The summed E-state index contributed by atoms with van der Waals surface area (Å²) >= 11 is 0. The average Bonchev–Trinajstić information content (AvgIpc) is 3.11. The molecule has 0 atom stereocenters. The van der Waals surface area contributed by atoms with Gasteiger partial charge in [-0.3, -0.25) is 0 Å². The maximum absolute atomic E-state index is 12.2. The van der Waals surface area contributed by atoms with E-state index >= 15 is 0 Å². The van der Waals surface area contributed by atoms with Gasteiger partial charge in [-0.05, 0) is 35.9 Å². The van der Waals surface area contributed by atoms with Crippen LogP contribution in [-0.4, -0.2) is 18.9 Å². The number of esters is 1. The van der Waals surface area contributed by atoms with E-state index in [9.17, 15) is 4.79 Å². The van der Waals surface area contributed by atoms with Gasteiger partial charge in [0.2, 0.25) is 5.90 Å². The van der Waals surface area contributed by atoms with Crippen LogP contribution >= 0.6 is 0 Å². The zero-order valence-corrected chi connectivity index (χ0v) is 15.1. The fourth-order valence-corrected chi connectivity index (χ4v) is 3.59. The Morgan fingerprint density at radius 2 is 1.69 bits per heavy atom. The molecule has 0 radical (unpaired) electrons. The van der Waals surface area contributed by atoms with Gasteiger partial charge in [0.25, 0.3) is 0 Å². The number of para-hydroxylation sites is 1. The summed E-state index contributed by atoms with van der Waals surface area (Å²) in [4.78, 5) is 18.7. The second-order valence-electron chi connectivity index (χ2n) is 6.98. The number of nitrogens with zero attached hydrogens (tertiary/aromatic N) is 2. The predicted octanol–water partition coefficient (Wildman–Crippen LogP) is 4.19. The van der Waals surface area contributed by atoms with Crippen molar-refractivity contribution in [1.29, 1.82) is 0 Å². The highest BCUT2D eigenvalue weighted by atomic mass is 16.6. The standard InChI is InChI=1S/C22H20N2O2/c1-22(2)16-11-7-8-12-18(16)24(3)19(22)14-13-17-21(25)26-20(23-17)15-9-5-4-6-10-15/h4-14H,1-3H3/b17-13+,19-14+. The van der Waals surface area contributed by atoms with Gasteiger partial charge in [0.15, 0.2) is 5.70 Å². The molecule has 2 aromatic carbocycles. The number of aliphatic imine (C=N–C) groups is 1. The van der Waals surface area contributed by atoms with Crippen molar-refractivity contribution in [3.05, 3.63) is 89.3 Å². The monoisotopic (exact) mass is 344 g/mol. The van der Waals surface area contributed by atoms with Crippen molar-refractivity contribution in [2.45, 2.75) is 19.3 Å². The second kappa shape index (κ2) is 5.99. The van der Waals surface area contributed by atoms with Gasteiger partial charge in [0.1, 0.15) is 0 Å². The molecule has 2 aromatic rings. The van der Waals surface area contributed by atoms with Gasteiger partial charge >= 0.3 is 5.97 Å². The van der Waals surface area contributed by atoms with Crippen LogP contribution < -0.4 is 4.90 Å². The highest BCUT2D eigenvalue weighted by Crippen LogP contribution is 2.46. The fourth-order valence-electron chi connectivity index (χ4n) is 3.59. The SMILES string of the molecule is CN1/C(=C/C=C2/N=C(c3ccccc3)OC2=O)C(C)(C)c2ccccc21. The van der Waals surface area contributed by atoms with Crippen LogP contribution in [0.3, 0.4) is 0 Å². The van der Waals surface area contributed by atoms with Gasteiger partial charge in [-0.15, -0.1) is 0 Å². The summed E-state index contributed by atoms with van der Waals surface area (Å²) in [6.07, 6.45) is 3.71. The Bertz CT molecular complexity index is 969. The Hall–Kier alpha value is -3.14. The molecule has 130 valence electrons. The molecule has 4 nitrogen and oxygen atoms in total. The van der Waals surface area contributed by atoms with Crippen LogP contribution in [0.1, 0.15) is 25.0 Å². The largest absolute Gasteiger partial charge is 0.402 e. The van der Waals surface area contributed by atoms with Gasteiger partial charge in [-0.25, -0.2) is 9.79 Å². The lowest BCUT2D eigenvalue weighted by Crippen LogP contribution is -2.22. The van der Waals surface area contributed by atoms with Gasteiger partial charge < -0.3 is 9.64 Å². The van der Waals surface area contributed by atoms with E-state index in [1.807, 2.05) is 49.5 Å². The first-order chi connectivity index (χ1) is 12.5. The summed E-state index contributed by atoms with van der Waals surface area (Å²) in [6, 6.07) is 17.8. The lowest BCUT2D eigenvalue weighted by molar-refractivity contribution is -0.130. The molecule has 4 rings (SSSR count). The second-order valence-corrected chi connectivity index (χ2v) is 6.98. The van der Waals surface area contributed by atoms with E-state index < -0.39 is 5.97 Å². The first-order valence-corrected chi connectivity index (χ1v) is 8.60. The summed E-state index contributed by atoms with van der Waals surface area (Å²) in [5.41, 5.74) is 4.54. The molecule has 0 saturated heterocycles. The Labute approximate surface area is 153 Å². The van der Waals surface area contributed by atoms with Crippen molar-refractivity contribution in [3.63, 3.8) is 0 Å². The first kappa shape index (κ1) is 16.3. The summed E-state index contributed by atoms with van der Waals surface area (Å²) in [5.74, 6) is -0.0701. The van der Waals surface area contributed by atoms with Crippen molar-refractivity contribution in [3.8, 4) is 0 Å². The van der Waals surface area contributed by atoms with Crippen molar-refractivity contribution >= 4 is 17.6 Å². The maximum Gasteiger partial charge on any atom is 0.363 e. The van der Waals surface area contributed by atoms with Crippen LogP contribution in [0.2, 0.25) is 0 Å². The van der Waals surface area contributed by atoms with E-state index in [-0.39, 0.29) is 5.41 Å². The topological polar surface area (TPSA) is 41.9 Å². The van der Waals surface area contributed by atoms with Gasteiger partial charge in [0, 0.05) is 29.4 Å². The van der Waals surface area contributed by atoms with Crippen LogP contribution in [0.5, 0.6) is 0 Å². The summed E-state index contributed by atoms with van der Waals surface area (Å²) in [7, 11) is 2.05. The van der Waals surface area contributed by atoms with Crippen molar-refractivity contribution in [2.24, 2.45) is 4.99 Å². The zero-order valence-electron chi connectivity index (χ0n) is 15.1. The van der Waals surface area contributed by atoms with E-state index in [1.54, 1.807) is 6.08 Å². The number of hydrogen-bond acceptors (Lipinski definition) is 4. The van der Waals surface area contributed by atoms with E-state index in [0.29, 0.717) is 11.6 Å². The normalized spacial score (nSPS) is 21.1. The Morgan fingerprint density at radius 1 is 1.00 bits per heavy atom. The molecular formula is C22H20N2O2. The third kappa shape index (κ3) is 2.54. The fraction of sp³-hybridized carbons (Fsp3) is 0.182. The van der Waals surface area contributed by atoms with Gasteiger partial charge in [-0.1, -0.05) is 50.2 Å². The smallest absolute Gasteiger partial charge is 0.363 e. The maximum atomic E-state index is 12.2. The van der Waals surface area contributed by atoms with Crippen LogP contribution in [0.25, 0.3) is 0 Å². The van der Waals surface area contributed by atoms with Crippen LogP contribution in [0.4, 0.5) is 5.69 Å². The Morgan fingerprint density at radius 3 is 2.42 bits per heavy atom. The number of cyclic esters (lactones) is 1. The molecule has 26 heavy (non-hydrogen) atoms. The average molecular weight is 344 g/mol. The molecule has 0 amide bonds. The quantitative estimate of drug-likeness (QED) is 0.606. The number of likely N-dealkylation sites (N-methyl/N-ethyl adjacent to an activating group) is 1. The number of rotatable bonds is 2. The molecular weight excluding hydrogens is 324 g/mol. The molecule has 2 aliphatic heterocycles. The van der Waals surface area contributed by atoms with E-state index in [1.165, 1.54) is 11.3 Å². The van der Waals surface area contributed by atoms with Crippen LogP contribution in [0, 0.1) is 0 Å². The summed E-state index contributed by atoms with van der Waals surface area (Å²) < 4.78 is 5.32. The lowest BCUT2D eigenvalue weighted by atomic mass is 9.84. The third-order valence-electron chi connectivity index (χ3n) is 4.98. The minimum atomic E-state index is -0.420. The molecule has 0 aromatic heterocycles. The number of ether oxygens (including phenoxy) is 1. The van der Waals surface area contributed by atoms with E-state index in [4.69, 9.17) is 4.74 Å². The van der Waals surface area contributed by atoms with Gasteiger partial charge in [-0.2, -0.15) is 0 Å². The molecule has 0 fully saturated rings. The number of anilines is 1. The van der Waals surface area contributed by atoms with Crippen molar-refractivity contribution < 1.29 is 9.53 Å². The molecule has 0 bridgehead atoms. The first-order valence-electron chi connectivity index (χ1n) is 8.60. The molecule has 2 heterocycles. The Balaban J connectivity index is 1.69. The molecule has 0 N–H and O–H groups in total. The number of hydrogen-bond donors (Lipinski definition) is 0. The predicted molar refractivity (Wildman–Crippen MR) is 103 cm³/mol. The number of benzene rings is 2. The summed E-state index contributed by atoms with van der Waals surface area (Å²) in [5, 5.41) is 0. The third-order valence-corrected chi connectivity index (χ3v) is 4.98. The van der Waals surface area contributed by atoms with Gasteiger partial charge in [0.05, 0.1) is 0 Å². The molecule has 0 spiro atoms. The highest BCUT2D eigenvalue weighted by Gasteiger charge is 2.37. The summed E-state index contributed by atoms with van der Waals surface area (Å²) in [6.45, 7) is 4.37. The number of allylic oxidation sites excluding steroid dienone is 3. The minimum absolute atomic E-state index is 0.142. The lowest BCUT2D eigenvalue weighted by Gasteiger charge is -2.23. The van der Waals surface area contributed by atoms with E-state index in [2.05, 4.69) is 41.9 Å². The van der Waals surface area contributed by atoms with Crippen molar-refractivity contribution in [2.75, 3.05) is 11.9 Å². The minimum Gasteiger partial charge on any atom is -0.402 e.